The molecule has 1 fully saturated rings. The molecule has 0 aliphatic carbocycles. The Bertz CT molecular complexity index is 393. The Hall–Kier alpha value is -1.10. The van der Waals surface area contributed by atoms with Crippen molar-refractivity contribution in [2.45, 2.75) is 12.6 Å². The number of morpholine rings is 1. The molecular formula is C12H14ClNO3. The second kappa shape index (κ2) is 5.49. The fourth-order valence-corrected chi connectivity index (χ4v) is 1.97. The standard InChI is InChI=1S/C12H14ClNO3/c13-10-3-1-9(2-4-10)7-14-5-6-17-11(8-14)12(15)16/h1-4,11H,5-8H2,(H,15,16)/t11-/m1/s1. The van der Waals surface area contributed by atoms with E-state index in [2.05, 4.69) is 4.90 Å². The highest BCUT2D eigenvalue weighted by molar-refractivity contribution is 6.30. The summed E-state index contributed by atoms with van der Waals surface area (Å²) in [5, 5.41) is 9.60. The zero-order valence-electron chi connectivity index (χ0n) is 9.30. The van der Waals surface area contributed by atoms with Crippen molar-refractivity contribution in [1.29, 1.82) is 0 Å². The lowest BCUT2D eigenvalue weighted by Gasteiger charge is -2.30. The largest absolute Gasteiger partial charge is 0.479 e. The molecule has 0 saturated carbocycles. The van der Waals surface area contributed by atoms with Crippen LogP contribution < -0.4 is 0 Å². The quantitative estimate of drug-likeness (QED) is 0.892. The third-order valence-corrected chi connectivity index (χ3v) is 3.00. The topological polar surface area (TPSA) is 49.8 Å². The Kier molecular flexibility index (Phi) is 3.99. The average Bonchev–Trinajstić information content (AvgIpc) is 2.32. The van der Waals surface area contributed by atoms with Gasteiger partial charge in [0.15, 0.2) is 6.10 Å². The van der Waals surface area contributed by atoms with Crippen molar-refractivity contribution in [3.8, 4) is 0 Å². The van der Waals surface area contributed by atoms with Crippen LogP contribution in [0.1, 0.15) is 5.56 Å². The number of halogens is 1. The first-order valence-electron chi connectivity index (χ1n) is 5.46. The molecule has 92 valence electrons. The fraction of sp³-hybridized carbons (Fsp3) is 0.417. The van der Waals surface area contributed by atoms with Crippen molar-refractivity contribution < 1.29 is 14.6 Å². The van der Waals surface area contributed by atoms with Gasteiger partial charge < -0.3 is 9.84 Å². The van der Waals surface area contributed by atoms with Crippen LogP contribution in [-0.4, -0.2) is 41.8 Å². The third kappa shape index (κ3) is 3.43. The predicted molar refractivity (Wildman–Crippen MR) is 64.1 cm³/mol. The number of ether oxygens (including phenoxy) is 1. The highest BCUT2D eigenvalue weighted by atomic mass is 35.5. The Morgan fingerprint density at radius 2 is 2.18 bits per heavy atom. The average molecular weight is 256 g/mol. The molecule has 5 heteroatoms. The number of nitrogens with zero attached hydrogens (tertiary/aromatic N) is 1. The second-order valence-electron chi connectivity index (χ2n) is 4.06. The molecule has 0 aromatic heterocycles. The van der Waals surface area contributed by atoms with Crippen molar-refractivity contribution in [3.05, 3.63) is 34.9 Å². The van der Waals surface area contributed by atoms with E-state index in [0.717, 1.165) is 18.7 Å². The van der Waals surface area contributed by atoms with Gasteiger partial charge in [-0.05, 0) is 17.7 Å². The van der Waals surface area contributed by atoms with Crippen LogP contribution >= 0.6 is 11.6 Å². The molecule has 0 amide bonds. The van der Waals surface area contributed by atoms with E-state index in [0.29, 0.717) is 18.2 Å². The maximum atomic E-state index is 10.8. The lowest BCUT2D eigenvalue weighted by atomic mass is 10.2. The molecule has 1 aromatic rings. The first kappa shape index (κ1) is 12.4. The number of benzene rings is 1. The van der Waals surface area contributed by atoms with Gasteiger partial charge in [-0.25, -0.2) is 4.79 Å². The normalized spacial score (nSPS) is 21.4. The SMILES string of the molecule is O=C(O)[C@H]1CN(Cc2ccc(Cl)cc2)CCO1. The predicted octanol–water partition coefficient (Wildman–Crippen LogP) is 1.63. The van der Waals surface area contributed by atoms with Crippen molar-refractivity contribution in [3.63, 3.8) is 0 Å². The molecule has 0 spiro atoms. The molecule has 17 heavy (non-hydrogen) atoms. The van der Waals surface area contributed by atoms with Gasteiger partial charge in [0.05, 0.1) is 6.61 Å². The number of carbonyl (C=O) groups is 1. The van der Waals surface area contributed by atoms with E-state index in [-0.39, 0.29) is 0 Å². The smallest absolute Gasteiger partial charge is 0.334 e. The zero-order chi connectivity index (χ0) is 12.3. The highest BCUT2D eigenvalue weighted by Crippen LogP contribution is 2.13. The van der Waals surface area contributed by atoms with E-state index in [4.69, 9.17) is 21.4 Å². The van der Waals surface area contributed by atoms with Gasteiger partial charge in [-0.1, -0.05) is 23.7 Å². The molecule has 1 atom stereocenters. The molecule has 2 rings (SSSR count). The molecule has 4 nitrogen and oxygen atoms in total. The minimum absolute atomic E-state index is 0.429. The van der Waals surface area contributed by atoms with Gasteiger partial charge >= 0.3 is 5.97 Å². The molecule has 1 aliphatic heterocycles. The van der Waals surface area contributed by atoms with Gasteiger partial charge in [0.2, 0.25) is 0 Å². The highest BCUT2D eigenvalue weighted by Gasteiger charge is 2.25. The lowest BCUT2D eigenvalue weighted by Crippen LogP contribution is -2.45. The van der Waals surface area contributed by atoms with Crippen molar-refractivity contribution in [2.75, 3.05) is 19.7 Å². The van der Waals surface area contributed by atoms with Crippen molar-refractivity contribution in [1.82, 2.24) is 4.90 Å². The molecular weight excluding hydrogens is 242 g/mol. The molecule has 1 heterocycles. The second-order valence-corrected chi connectivity index (χ2v) is 4.50. The van der Waals surface area contributed by atoms with Crippen molar-refractivity contribution in [2.24, 2.45) is 0 Å². The van der Waals surface area contributed by atoms with E-state index in [1.54, 1.807) is 0 Å². The first-order chi connectivity index (χ1) is 8.15. The number of hydrogen-bond donors (Lipinski definition) is 1. The third-order valence-electron chi connectivity index (χ3n) is 2.75. The molecule has 0 bridgehead atoms. The minimum Gasteiger partial charge on any atom is -0.479 e. The van der Waals surface area contributed by atoms with Gasteiger partial charge in [-0.2, -0.15) is 0 Å². The molecule has 0 unspecified atom stereocenters. The van der Waals surface area contributed by atoms with Crippen LogP contribution in [0.3, 0.4) is 0 Å². The maximum absolute atomic E-state index is 10.8. The summed E-state index contributed by atoms with van der Waals surface area (Å²) in [6, 6.07) is 7.58. The van der Waals surface area contributed by atoms with E-state index in [1.807, 2.05) is 24.3 Å². The van der Waals surface area contributed by atoms with Gasteiger partial charge in [0, 0.05) is 24.7 Å². The summed E-state index contributed by atoms with van der Waals surface area (Å²) in [7, 11) is 0. The summed E-state index contributed by atoms with van der Waals surface area (Å²) < 4.78 is 5.16. The number of rotatable bonds is 3. The van der Waals surface area contributed by atoms with Crippen LogP contribution in [0.2, 0.25) is 5.02 Å². The number of carboxylic acids is 1. The van der Waals surface area contributed by atoms with E-state index in [9.17, 15) is 4.79 Å². The summed E-state index contributed by atoms with van der Waals surface area (Å²) in [5.74, 6) is -0.897. The molecule has 0 radical (unpaired) electrons. The van der Waals surface area contributed by atoms with Crippen LogP contribution in [0, 0.1) is 0 Å². The first-order valence-corrected chi connectivity index (χ1v) is 5.84. The fourth-order valence-electron chi connectivity index (χ4n) is 1.84. The van der Waals surface area contributed by atoms with Crippen molar-refractivity contribution >= 4 is 17.6 Å². The van der Waals surface area contributed by atoms with Crippen LogP contribution in [0.4, 0.5) is 0 Å². The molecule has 1 aliphatic rings. The van der Waals surface area contributed by atoms with Crippen LogP contribution in [0.5, 0.6) is 0 Å². The molecule has 1 aromatic carbocycles. The van der Waals surface area contributed by atoms with E-state index < -0.39 is 12.1 Å². The Morgan fingerprint density at radius 1 is 1.47 bits per heavy atom. The summed E-state index contributed by atoms with van der Waals surface area (Å²) in [6.45, 7) is 2.37. The van der Waals surface area contributed by atoms with E-state index >= 15 is 0 Å². The number of hydrogen-bond acceptors (Lipinski definition) is 3. The van der Waals surface area contributed by atoms with Gasteiger partial charge in [0.1, 0.15) is 0 Å². The lowest BCUT2D eigenvalue weighted by molar-refractivity contribution is -0.156. The Balaban J connectivity index is 1.94. The molecule has 1 saturated heterocycles. The van der Waals surface area contributed by atoms with Crippen LogP contribution in [-0.2, 0) is 16.1 Å². The Labute approximate surface area is 105 Å². The van der Waals surface area contributed by atoms with Crippen LogP contribution in [0.15, 0.2) is 24.3 Å². The maximum Gasteiger partial charge on any atom is 0.334 e. The van der Waals surface area contributed by atoms with Gasteiger partial charge in [0.25, 0.3) is 0 Å². The minimum atomic E-state index is -0.897. The number of aliphatic carboxylic acids is 1. The Morgan fingerprint density at radius 3 is 2.82 bits per heavy atom. The summed E-state index contributed by atoms with van der Waals surface area (Å²) in [5.41, 5.74) is 1.13. The summed E-state index contributed by atoms with van der Waals surface area (Å²) >= 11 is 5.81. The monoisotopic (exact) mass is 255 g/mol. The van der Waals surface area contributed by atoms with Gasteiger partial charge in [-0.15, -0.1) is 0 Å². The summed E-state index contributed by atoms with van der Waals surface area (Å²) in [6.07, 6.45) is -0.712. The molecule has 1 N–H and O–H groups in total. The van der Waals surface area contributed by atoms with E-state index in [1.165, 1.54) is 0 Å². The van der Waals surface area contributed by atoms with Crippen LogP contribution in [0.25, 0.3) is 0 Å². The zero-order valence-corrected chi connectivity index (χ0v) is 10.1. The van der Waals surface area contributed by atoms with Gasteiger partial charge in [-0.3, -0.25) is 4.90 Å². The summed E-state index contributed by atoms with van der Waals surface area (Å²) in [4.78, 5) is 12.9. The number of carboxylic acid groups (broad SMARTS) is 1.